The first kappa shape index (κ1) is 17.2. The lowest BCUT2D eigenvalue weighted by molar-refractivity contribution is -0.392. The van der Waals surface area contributed by atoms with Crippen LogP contribution in [0.25, 0.3) is 0 Å². The normalized spacial score (nSPS) is 16.6. The minimum Gasteiger partial charge on any atom is -0.486 e. The molecule has 0 aliphatic carbocycles. The van der Waals surface area contributed by atoms with Gasteiger partial charge in [0.2, 0.25) is 4.90 Å². The topological polar surface area (TPSA) is 126 Å². The fourth-order valence-electron chi connectivity index (χ4n) is 2.32. The molecule has 0 saturated heterocycles. The second kappa shape index (κ2) is 6.69. The van der Waals surface area contributed by atoms with E-state index in [1.54, 1.807) is 31.2 Å². The van der Waals surface area contributed by atoms with Crippen molar-refractivity contribution in [1.29, 1.82) is 0 Å². The molecule has 1 aliphatic rings. The van der Waals surface area contributed by atoms with E-state index in [0.717, 1.165) is 6.20 Å². The summed E-state index contributed by atoms with van der Waals surface area (Å²) < 4.78 is 39.5. The van der Waals surface area contributed by atoms with E-state index in [1.807, 2.05) is 0 Å². The number of hydrogen-bond donors (Lipinski definition) is 1. The van der Waals surface area contributed by atoms with Crippen molar-refractivity contribution in [2.24, 2.45) is 0 Å². The summed E-state index contributed by atoms with van der Waals surface area (Å²) in [6, 6.07) is 7.04. The van der Waals surface area contributed by atoms with Gasteiger partial charge in [0, 0.05) is 0 Å². The molecule has 0 radical (unpaired) electrons. The van der Waals surface area contributed by atoms with E-state index in [0.29, 0.717) is 18.0 Å². The highest BCUT2D eigenvalue weighted by atomic mass is 32.2. The average Bonchev–Trinajstić information content (AvgIpc) is 3.06. The van der Waals surface area contributed by atoms with Crippen LogP contribution in [-0.4, -0.2) is 42.4 Å². The smallest absolute Gasteiger partial charge is 0.410 e. The third-order valence-electron chi connectivity index (χ3n) is 3.56. The Morgan fingerprint density at radius 2 is 2.12 bits per heavy atom. The van der Waals surface area contributed by atoms with Gasteiger partial charge >= 0.3 is 5.82 Å². The van der Waals surface area contributed by atoms with Gasteiger partial charge in [-0.2, -0.15) is 4.68 Å². The summed E-state index contributed by atoms with van der Waals surface area (Å²) >= 11 is 0. The minimum atomic E-state index is -4.11. The summed E-state index contributed by atoms with van der Waals surface area (Å²) in [6.45, 7) is 2.08. The van der Waals surface area contributed by atoms with Gasteiger partial charge in [0.05, 0.1) is 24.4 Å². The lowest BCUT2D eigenvalue weighted by atomic mass is 10.2. The molecule has 11 heteroatoms. The van der Waals surface area contributed by atoms with E-state index in [-0.39, 0.29) is 13.2 Å². The van der Waals surface area contributed by atoms with E-state index >= 15 is 0 Å². The number of para-hydroxylation sites is 2. The van der Waals surface area contributed by atoms with Crippen molar-refractivity contribution in [2.45, 2.75) is 24.5 Å². The molecular weight excluding hydrogens is 352 g/mol. The van der Waals surface area contributed by atoms with Crippen molar-refractivity contribution in [3.8, 4) is 11.5 Å². The maximum Gasteiger partial charge on any atom is 0.410 e. The summed E-state index contributed by atoms with van der Waals surface area (Å²) in [4.78, 5) is 9.74. The van der Waals surface area contributed by atoms with Crippen molar-refractivity contribution in [3.05, 3.63) is 40.6 Å². The van der Waals surface area contributed by atoms with Gasteiger partial charge in [-0.25, -0.2) is 13.1 Å². The van der Waals surface area contributed by atoms with Crippen molar-refractivity contribution >= 4 is 15.8 Å². The van der Waals surface area contributed by atoms with Crippen molar-refractivity contribution in [1.82, 2.24) is 14.5 Å². The maximum absolute atomic E-state index is 12.4. The predicted molar refractivity (Wildman–Crippen MR) is 86.1 cm³/mol. The summed E-state index contributed by atoms with van der Waals surface area (Å²) in [6.07, 6.45) is 0.582. The van der Waals surface area contributed by atoms with Gasteiger partial charge in [-0.05, 0) is 24.0 Å². The zero-order valence-electron chi connectivity index (χ0n) is 13.3. The Morgan fingerprint density at radius 3 is 2.80 bits per heavy atom. The Bertz CT molecular complexity index is 894. The Balaban J connectivity index is 1.73. The van der Waals surface area contributed by atoms with Crippen LogP contribution in [0.3, 0.4) is 0 Å². The number of aryl methyl sites for hydroxylation is 1. The Labute approximate surface area is 143 Å². The summed E-state index contributed by atoms with van der Waals surface area (Å²) in [5.41, 5.74) is 0. The molecule has 10 nitrogen and oxygen atoms in total. The first-order chi connectivity index (χ1) is 11.9. The molecule has 3 rings (SSSR count). The third kappa shape index (κ3) is 3.56. The molecular formula is C14H16N4O6S. The number of nitrogens with one attached hydrogen (secondary N) is 1. The molecule has 0 saturated carbocycles. The monoisotopic (exact) mass is 368 g/mol. The summed E-state index contributed by atoms with van der Waals surface area (Å²) in [5.74, 6) is 0.393. The number of sulfonamides is 1. The van der Waals surface area contributed by atoms with Crippen LogP contribution in [0.1, 0.15) is 6.92 Å². The lowest BCUT2D eigenvalue weighted by Gasteiger charge is -2.26. The van der Waals surface area contributed by atoms with Crippen molar-refractivity contribution < 1.29 is 22.8 Å². The second-order valence-electron chi connectivity index (χ2n) is 5.28. The molecule has 0 unspecified atom stereocenters. The predicted octanol–water partition coefficient (Wildman–Crippen LogP) is 0.929. The molecule has 1 N–H and O–H groups in total. The van der Waals surface area contributed by atoms with Gasteiger partial charge in [-0.1, -0.05) is 12.1 Å². The lowest BCUT2D eigenvalue weighted by Crippen LogP contribution is -2.40. The number of aromatic nitrogens is 2. The Kier molecular flexibility index (Phi) is 4.59. The maximum atomic E-state index is 12.4. The van der Waals surface area contributed by atoms with Crippen LogP contribution in [0.2, 0.25) is 0 Å². The van der Waals surface area contributed by atoms with Gasteiger partial charge in [-0.3, -0.25) is 0 Å². The quantitative estimate of drug-likeness (QED) is 0.594. The Morgan fingerprint density at radius 1 is 1.40 bits per heavy atom. The van der Waals surface area contributed by atoms with Gasteiger partial charge in [0.25, 0.3) is 10.0 Å². The number of rotatable bonds is 6. The van der Waals surface area contributed by atoms with Crippen LogP contribution < -0.4 is 14.2 Å². The van der Waals surface area contributed by atoms with E-state index in [4.69, 9.17) is 9.47 Å². The fourth-order valence-corrected chi connectivity index (χ4v) is 3.49. The van der Waals surface area contributed by atoms with Crippen LogP contribution in [0.15, 0.2) is 35.4 Å². The first-order valence-corrected chi connectivity index (χ1v) is 8.99. The van der Waals surface area contributed by atoms with E-state index in [9.17, 15) is 18.5 Å². The van der Waals surface area contributed by atoms with Crippen molar-refractivity contribution in [2.75, 3.05) is 13.2 Å². The largest absolute Gasteiger partial charge is 0.486 e. The molecule has 0 spiro atoms. The van der Waals surface area contributed by atoms with E-state index in [1.165, 1.54) is 4.68 Å². The zero-order chi connectivity index (χ0) is 18.0. The molecule has 0 amide bonds. The first-order valence-electron chi connectivity index (χ1n) is 7.50. The highest BCUT2D eigenvalue weighted by molar-refractivity contribution is 7.89. The highest BCUT2D eigenvalue weighted by Gasteiger charge is 2.32. The summed E-state index contributed by atoms with van der Waals surface area (Å²) in [5, 5.41) is 14.7. The van der Waals surface area contributed by atoms with Crippen LogP contribution in [0.4, 0.5) is 5.82 Å². The standard InChI is InChI=1S/C14H16N4O6S/c1-2-17-8-13(14(16-17)18(19)20)25(21,22)15-7-10-9-23-11-5-3-4-6-12(11)24-10/h3-6,8,10,15H,2,7,9H2,1H3/t10-/m0/s1. The molecule has 1 atom stereocenters. The Hall–Kier alpha value is -2.66. The SMILES string of the molecule is CCn1cc(S(=O)(=O)NC[C@H]2COc3ccccc3O2)c([N+](=O)[O-])n1. The molecule has 25 heavy (non-hydrogen) atoms. The molecule has 0 fully saturated rings. The molecule has 1 aromatic heterocycles. The fraction of sp³-hybridized carbons (Fsp3) is 0.357. The minimum absolute atomic E-state index is 0.0921. The molecule has 0 bridgehead atoms. The van der Waals surface area contributed by atoms with Gasteiger partial charge < -0.3 is 19.6 Å². The number of benzene rings is 1. The number of hydrogen-bond acceptors (Lipinski definition) is 7. The van der Waals surface area contributed by atoms with E-state index in [2.05, 4.69) is 9.82 Å². The second-order valence-corrected chi connectivity index (χ2v) is 7.01. The highest BCUT2D eigenvalue weighted by Crippen LogP contribution is 2.30. The number of nitrogens with zero attached hydrogens (tertiary/aromatic N) is 3. The van der Waals surface area contributed by atoms with Gasteiger partial charge in [0.15, 0.2) is 11.5 Å². The number of nitro groups is 1. The molecule has 134 valence electrons. The van der Waals surface area contributed by atoms with Crippen molar-refractivity contribution in [3.63, 3.8) is 0 Å². The van der Waals surface area contributed by atoms with Crippen LogP contribution in [0, 0.1) is 10.1 Å². The van der Waals surface area contributed by atoms with E-state index < -0.39 is 31.8 Å². The molecule has 2 aromatic rings. The third-order valence-corrected chi connectivity index (χ3v) is 4.98. The van der Waals surface area contributed by atoms with Crippen LogP contribution in [-0.2, 0) is 16.6 Å². The van der Waals surface area contributed by atoms with Crippen LogP contribution >= 0.6 is 0 Å². The number of ether oxygens (including phenoxy) is 2. The van der Waals surface area contributed by atoms with Gasteiger partial charge in [-0.15, -0.1) is 0 Å². The van der Waals surface area contributed by atoms with Crippen LogP contribution in [0.5, 0.6) is 11.5 Å². The molecule has 2 heterocycles. The molecule has 1 aromatic carbocycles. The average molecular weight is 368 g/mol. The summed E-state index contributed by atoms with van der Waals surface area (Å²) in [7, 11) is -4.11. The zero-order valence-corrected chi connectivity index (χ0v) is 14.1. The van der Waals surface area contributed by atoms with Gasteiger partial charge in [0.1, 0.15) is 12.7 Å². The molecule has 1 aliphatic heterocycles. The number of fused-ring (bicyclic) bond motifs is 1.